The number of nitrogens with two attached hydrogens (primary N) is 1. The summed E-state index contributed by atoms with van der Waals surface area (Å²) in [6, 6.07) is 5.74. The van der Waals surface area contributed by atoms with Gasteiger partial charge in [0.15, 0.2) is 0 Å². The van der Waals surface area contributed by atoms with E-state index in [0.717, 1.165) is 18.4 Å². The molecule has 0 saturated heterocycles. The van der Waals surface area contributed by atoms with Crippen LogP contribution in [0.5, 0.6) is 0 Å². The largest absolute Gasteiger partial charge is 0.271 e. The summed E-state index contributed by atoms with van der Waals surface area (Å²) in [6.45, 7) is 0. The van der Waals surface area contributed by atoms with Gasteiger partial charge in [-0.2, -0.15) is 0 Å². The summed E-state index contributed by atoms with van der Waals surface area (Å²) < 4.78 is 0. The zero-order valence-electron chi connectivity index (χ0n) is 8.84. The first-order chi connectivity index (χ1) is 7.67. The van der Waals surface area contributed by atoms with Crippen molar-refractivity contribution >= 4 is 23.2 Å². The van der Waals surface area contributed by atoms with E-state index in [1.54, 1.807) is 6.07 Å². The molecule has 86 valence electrons. The molecule has 1 aromatic carbocycles. The molecule has 0 heterocycles. The van der Waals surface area contributed by atoms with Crippen LogP contribution in [-0.4, -0.2) is 6.04 Å². The predicted octanol–water partition coefficient (Wildman–Crippen LogP) is 2.78. The number of rotatable bonds is 5. The number of terminal acetylenes is 1. The van der Waals surface area contributed by atoms with Crippen molar-refractivity contribution in [1.82, 2.24) is 5.43 Å². The van der Waals surface area contributed by atoms with Gasteiger partial charge >= 0.3 is 0 Å². The van der Waals surface area contributed by atoms with Crippen LogP contribution in [0.2, 0.25) is 10.0 Å². The molecule has 0 aromatic heterocycles. The van der Waals surface area contributed by atoms with Gasteiger partial charge < -0.3 is 0 Å². The molecule has 0 fully saturated rings. The van der Waals surface area contributed by atoms with Crippen molar-refractivity contribution in [1.29, 1.82) is 0 Å². The molecule has 3 N–H and O–H groups in total. The Morgan fingerprint density at radius 2 is 2.12 bits per heavy atom. The zero-order valence-corrected chi connectivity index (χ0v) is 10.4. The average Bonchev–Trinajstić information content (AvgIpc) is 2.29. The summed E-state index contributed by atoms with van der Waals surface area (Å²) in [5.74, 6) is 8.05. The average molecular weight is 257 g/mol. The van der Waals surface area contributed by atoms with E-state index in [9.17, 15) is 0 Å². The van der Waals surface area contributed by atoms with Gasteiger partial charge in [-0.15, -0.1) is 12.3 Å². The fourth-order valence-corrected chi connectivity index (χ4v) is 1.77. The molecule has 1 aromatic rings. The van der Waals surface area contributed by atoms with Crippen LogP contribution in [0.15, 0.2) is 18.2 Å². The molecule has 0 aliphatic carbocycles. The van der Waals surface area contributed by atoms with Crippen LogP contribution in [-0.2, 0) is 6.42 Å². The van der Waals surface area contributed by atoms with Crippen LogP contribution >= 0.6 is 23.2 Å². The Kier molecular flexibility index (Phi) is 5.65. The highest BCUT2D eigenvalue weighted by Crippen LogP contribution is 2.23. The van der Waals surface area contributed by atoms with E-state index >= 15 is 0 Å². The molecule has 16 heavy (non-hydrogen) atoms. The Morgan fingerprint density at radius 1 is 1.38 bits per heavy atom. The number of hydrogen-bond acceptors (Lipinski definition) is 2. The number of halogens is 2. The molecular weight excluding hydrogens is 243 g/mol. The normalized spacial score (nSPS) is 12.1. The molecule has 1 unspecified atom stereocenters. The Morgan fingerprint density at radius 3 is 2.69 bits per heavy atom. The smallest absolute Gasteiger partial charge is 0.0595 e. The summed E-state index contributed by atoms with van der Waals surface area (Å²) in [6.07, 6.45) is 7.54. The van der Waals surface area contributed by atoms with Gasteiger partial charge in [0.1, 0.15) is 0 Å². The van der Waals surface area contributed by atoms with Gasteiger partial charge in [0.25, 0.3) is 0 Å². The lowest BCUT2D eigenvalue weighted by atomic mass is 10.0. The molecule has 0 amide bonds. The van der Waals surface area contributed by atoms with E-state index in [0.29, 0.717) is 16.5 Å². The topological polar surface area (TPSA) is 38.0 Å². The summed E-state index contributed by atoms with van der Waals surface area (Å²) in [5.41, 5.74) is 3.84. The van der Waals surface area contributed by atoms with Crippen molar-refractivity contribution in [2.24, 2.45) is 5.84 Å². The second-order valence-corrected chi connectivity index (χ2v) is 4.37. The number of hydrazine groups is 1. The highest BCUT2D eigenvalue weighted by Gasteiger charge is 2.08. The maximum atomic E-state index is 5.93. The minimum Gasteiger partial charge on any atom is -0.271 e. The minimum atomic E-state index is 0.160. The third-order valence-corrected chi connectivity index (χ3v) is 3.08. The maximum absolute atomic E-state index is 5.93. The van der Waals surface area contributed by atoms with Gasteiger partial charge in [-0.25, -0.2) is 0 Å². The van der Waals surface area contributed by atoms with Gasteiger partial charge in [0.2, 0.25) is 0 Å². The quantitative estimate of drug-likeness (QED) is 0.483. The maximum Gasteiger partial charge on any atom is 0.0595 e. The van der Waals surface area contributed by atoms with Crippen LogP contribution in [0, 0.1) is 12.3 Å². The zero-order chi connectivity index (χ0) is 12.0. The third-order valence-electron chi connectivity index (χ3n) is 2.34. The SMILES string of the molecule is C#CCCC(Cc1ccc(Cl)c(Cl)c1)NN. The third kappa shape index (κ3) is 4.03. The van der Waals surface area contributed by atoms with Crippen molar-refractivity contribution in [2.75, 3.05) is 0 Å². The molecule has 1 rings (SSSR count). The fourth-order valence-electron chi connectivity index (χ4n) is 1.45. The van der Waals surface area contributed by atoms with Crippen molar-refractivity contribution in [3.8, 4) is 12.3 Å². The summed E-state index contributed by atoms with van der Waals surface area (Å²) in [7, 11) is 0. The molecule has 2 nitrogen and oxygen atoms in total. The second kappa shape index (κ2) is 6.78. The predicted molar refractivity (Wildman–Crippen MR) is 69.3 cm³/mol. The summed E-state index contributed by atoms with van der Waals surface area (Å²) in [5, 5.41) is 1.12. The molecule has 1 atom stereocenters. The minimum absolute atomic E-state index is 0.160. The van der Waals surface area contributed by atoms with Gasteiger partial charge in [0, 0.05) is 12.5 Å². The van der Waals surface area contributed by atoms with Crippen molar-refractivity contribution in [2.45, 2.75) is 25.3 Å². The van der Waals surface area contributed by atoms with Crippen molar-refractivity contribution < 1.29 is 0 Å². The summed E-state index contributed by atoms with van der Waals surface area (Å²) in [4.78, 5) is 0. The molecule has 0 saturated carbocycles. The summed E-state index contributed by atoms with van der Waals surface area (Å²) >= 11 is 11.8. The van der Waals surface area contributed by atoms with E-state index in [2.05, 4.69) is 11.3 Å². The highest BCUT2D eigenvalue weighted by atomic mass is 35.5. The van der Waals surface area contributed by atoms with Crippen LogP contribution < -0.4 is 11.3 Å². The van der Waals surface area contributed by atoms with E-state index in [1.807, 2.05) is 12.1 Å². The van der Waals surface area contributed by atoms with Crippen LogP contribution in [0.1, 0.15) is 18.4 Å². The first-order valence-electron chi connectivity index (χ1n) is 5.01. The van der Waals surface area contributed by atoms with Crippen LogP contribution in [0.4, 0.5) is 0 Å². The number of nitrogens with one attached hydrogen (secondary N) is 1. The first kappa shape index (κ1) is 13.3. The highest BCUT2D eigenvalue weighted by molar-refractivity contribution is 6.42. The van der Waals surface area contributed by atoms with E-state index in [4.69, 9.17) is 35.5 Å². The Hall–Kier alpha value is -0.720. The Bertz CT molecular complexity index is 385. The molecule has 0 spiro atoms. The molecule has 0 bridgehead atoms. The molecular formula is C12H14Cl2N2. The molecule has 0 aliphatic heterocycles. The van der Waals surface area contributed by atoms with Crippen LogP contribution in [0.25, 0.3) is 0 Å². The lowest BCUT2D eigenvalue weighted by Crippen LogP contribution is -2.36. The van der Waals surface area contributed by atoms with Crippen molar-refractivity contribution in [3.05, 3.63) is 33.8 Å². The lowest BCUT2D eigenvalue weighted by molar-refractivity contribution is 0.498. The Labute approximate surface area is 106 Å². The number of hydrogen-bond donors (Lipinski definition) is 2. The lowest BCUT2D eigenvalue weighted by Gasteiger charge is -2.14. The second-order valence-electron chi connectivity index (χ2n) is 3.56. The standard InChI is InChI=1S/C12H14Cl2N2/c1-2-3-4-10(16-15)7-9-5-6-11(13)12(14)8-9/h1,5-6,8,10,16H,3-4,7,15H2. The monoisotopic (exact) mass is 256 g/mol. The molecule has 4 heteroatoms. The van der Waals surface area contributed by atoms with E-state index in [-0.39, 0.29) is 6.04 Å². The van der Waals surface area contributed by atoms with Gasteiger partial charge in [-0.1, -0.05) is 29.3 Å². The molecule has 0 aliphatic rings. The first-order valence-corrected chi connectivity index (χ1v) is 5.76. The van der Waals surface area contributed by atoms with Crippen molar-refractivity contribution in [3.63, 3.8) is 0 Å². The van der Waals surface area contributed by atoms with Gasteiger partial charge in [-0.3, -0.25) is 11.3 Å². The van der Waals surface area contributed by atoms with E-state index in [1.165, 1.54) is 0 Å². The van der Waals surface area contributed by atoms with Gasteiger partial charge in [0.05, 0.1) is 10.0 Å². The van der Waals surface area contributed by atoms with Crippen LogP contribution in [0.3, 0.4) is 0 Å². The molecule has 0 radical (unpaired) electrons. The Balaban J connectivity index is 2.63. The van der Waals surface area contributed by atoms with E-state index < -0.39 is 0 Å². The fraction of sp³-hybridized carbons (Fsp3) is 0.333. The van der Waals surface area contributed by atoms with Gasteiger partial charge in [-0.05, 0) is 30.5 Å². The number of benzene rings is 1.